The van der Waals surface area contributed by atoms with Gasteiger partial charge < -0.3 is 9.64 Å². The molecule has 0 unspecified atom stereocenters. The molecule has 22 heavy (non-hydrogen) atoms. The lowest BCUT2D eigenvalue weighted by molar-refractivity contribution is -0.121. The molecule has 0 radical (unpaired) electrons. The molecule has 0 saturated carbocycles. The molecule has 0 bridgehead atoms. The van der Waals surface area contributed by atoms with Crippen molar-refractivity contribution in [2.75, 3.05) is 19.7 Å². The number of rotatable bonds is 5. The topological polar surface area (TPSA) is 75.7 Å². The molecule has 120 valence electrons. The smallest absolute Gasteiger partial charge is 0.413 e. The zero-order chi connectivity index (χ0) is 16.7. The largest absolute Gasteiger partial charge is 0.450 e. The van der Waals surface area contributed by atoms with E-state index in [0.29, 0.717) is 5.02 Å². The first-order chi connectivity index (χ1) is 10.4. The Hall–Kier alpha value is -1.79. The number of imide groups is 1. The van der Waals surface area contributed by atoms with Gasteiger partial charge >= 0.3 is 6.09 Å². The molecule has 0 heterocycles. The van der Waals surface area contributed by atoms with Crippen molar-refractivity contribution in [3.63, 3.8) is 0 Å². The molecule has 6 nitrogen and oxygen atoms in total. The molecule has 0 saturated heterocycles. The van der Waals surface area contributed by atoms with E-state index in [0.717, 1.165) is 0 Å². The van der Waals surface area contributed by atoms with Crippen molar-refractivity contribution >= 4 is 41.1 Å². The third kappa shape index (κ3) is 5.20. The molecule has 3 amide bonds. The number of halogens is 2. The van der Waals surface area contributed by atoms with Gasteiger partial charge in [0.1, 0.15) is 6.54 Å². The number of nitrogens with zero attached hydrogens (tertiary/aromatic N) is 1. The predicted molar refractivity (Wildman–Crippen MR) is 83.2 cm³/mol. The van der Waals surface area contributed by atoms with Crippen molar-refractivity contribution in [2.45, 2.75) is 13.8 Å². The fourth-order valence-electron chi connectivity index (χ4n) is 1.65. The lowest BCUT2D eigenvalue weighted by Gasteiger charge is -2.20. The Morgan fingerprint density at radius 2 is 1.91 bits per heavy atom. The Balaban J connectivity index is 2.76. The van der Waals surface area contributed by atoms with Crippen molar-refractivity contribution < 1.29 is 19.1 Å². The van der Waals surface area contributed by atoms with Crippen LogP contribution in [-0.2, 0) is 9.53 Å². The van der Waals surface area contributed by atoms with Crippen LogP contribution in [0.15, 0.2) is 18.2 Å². The van der Waals surface area contributed by atoms with E-state index >= 15 is 0 Å². The summed E-state index contributed by atoms with van der Waals surface area (Å²) in [6.07, 6.45) is -0.847. The van der Waals surface area contributed by atoms with Crippen LogP contribution in [0.25, 0.3) is 0 Å². The normalized spacial score (nSPS) is 10.0. The van der Waals surface area contributed by atoms with E-state index < -0.39 is 17.9 Å². The summed E-state index contributed by atoms with van der Waals surface area (Å²) in [5.41, 5.74) is 0.233. The molecule has 1 N–H and O–H groups in total. The van der Waals surface area contributed by atoms with Crippen molar-refractivity contribution in [3.8, 4) is 0 Å². The van der Waals surface area contributed by atoms with Crippen molar-refractivity contribution in [2.24, 2.45) is 0 Å². The summed E-state index contributed by atoms with van der Waals surface area (Å²) >= 11 is 11.8. The molecule has 0 spiro atoms. The highest BCUT2D eigenvalue weighted by Crippen LogP contribution is 2.22. The van der Waals surface area contributed by atoms with Gasteiger partial charge in [-0.2, -0.15) is 0 Å². The fourth-order valence-corrected chi connectivity index (χ4v) is 2.14. The molecule has 1 rings (SSSR count). The first kappa shape index (κ1) is 18.3. The van der Waals surface area contributed by atoms with Crippen LogP contribution in [-0.4, -0.2) is 42.5 Å². The molecule has 0 aromatic heterocycles. The Morgan fingerprint density at radius 3 is 2.45 bits per heavy atom. The number of carbonyl (C=O) groups is 3. The standard InChI is InChI=1S/C14H16Cl2N2O4/c1-3-18(8-12(19)17-14(21)22-4-2)13(20)10-6-5-9(15)7-11(10)16/h5-7H,3-4,8H2,1-2H3,(H,17,19,21). The summed E-state index contributed by atoms with van der Waals surface area (Å²) in [6.45, 7) is 3.46. The van der Waals surface area contributed by atoms with Gasteiger partial charge in [0.15, 0.2) is 0 Å². The maximum absolute atomic E-state index is 12.4. The average molecular weight is 347 g/mol. The Bertz CT molecular complexity index is 578. The first-order valence-electron chi connectivity index (χ1n) is 6.59. The molecule has 1 aromatic rings. The summed E-state index contributed by atoms with van der Waals surface area (Å²) < 4.78 is 4.60. The van der Waals surface area contributed by atoms with Crippen molar-refractivity contribution in [3.05, 3.63) is 33.8 Å². The summed E-state index contributed by atoms with van der Waals surface area (Å²) in [5, 5.41) is 2.63. The van der Waals surface area contributed by atoms with Crippen LogP contribution in [0, 0.1) is 0 Å². The Labute approximate surface area is 138 Å². The third-order valence-corrected chi connectivity index (χ3v) is 3.23. The van der Waals surface area contributed by atoms with Gasteiger partial charge in [-0.3, -0.25) is 14.9 Å². The number of carbonyl (C=O) groups excluding carboxylic acids is 3. The minimum Gasteiger partial charge on any atom is -0.450 e. The first-order valence-corrected chi connectivity index (χ1v) is 7.35. The van der Waals surface area contributed by atoms with E-state index in [1.807, 2.05) is 5.32 Å². The monoisotopic (exact) mass is 346 g/mol. The molecule has 1 aromatic carbocycles. The van der Waals surface area contributed by atoms with Gasteiger partial charge in [-0.1, -0.05) is 23.2 Å². The highest BCUT2D eigenvalue weighted by molar-refractivity contribution is 6.36. The van der Waals surface area contributed by atoms with Gasteiger partial charge in [0.05, 0.1) is 17.2 Å². The zero-order valence-corrected chi connectivity index (χ0v) is 13.7. The minimum atomic E-state index is -0.847. The SMILES string of the molecule is CCOC(=O)NC(=O)CN(CC)C(=O)c1ccc(Cl)cc1Cl. The van der Waals surface area contributed by atoms with Gasteiger partial charge in [-0.05, 0) is 32.0 Å². The number of alkyl carbamates (subject to hydrolysis) is 1. The van der Waals surface area contributed by atoms with Crippen LogP contribution in [0.3, 0.4) is 0 Å². The van der Waals surface area contributed by atoms with Crippen LogP contribution in [0.5, 0.6) is 0 Å². The molecule has 0 aliphatic carbocycles. The Kier molecular flexibility index (Phi) is 7.14. The summed E-state index contributed by atoms with van der Waals surface area (Å²) in [5.74, 6) is -1.07. The molecule has 8 heteroatoms. The van der Waals surface area contributed by atoms with Gasteiger partial charge in [-0.25, -0.2) is 4.79 Å². The van der Waals surface area contributed by atoms with E-state index in [4.69, 9.17) is 23.2 Å². The third-order valence-electron chi connectivity index (χ3n) is 2.68. The number of hydrogen-bond donors (Lipinski definition) is 1. The van der Waals surface area contributed by atoms with E-state index in [9.17, 15) is 14.4 Å². The second kappa shape index (κ2) is 8.60. The highest BCUT2D eigenvalue weighted by Gasteiger charge is 2.20. The van der Waals surface area contributed by atoms with Gasteiger partial charge in [0.25, 0.3) is 5.91 Å². The number of likely N-dealkylation sites (N-methyl/N-ethyl adjacent to an activating group) is 1. The molecule has 0 aliphatic heterocycles. The van der Waals surface area contributed by atoms with Gasteiger partial charge in [-0.15, -0.1) is 0 Å². The van der Waals surface area contributed by atoms with E-state index in [2.05, 4.69) is 4.74 Å². The average Bonchev–Trinajstić information content (AvgIpc) is 2.44. The van der Waals surface area contributed by atoms with Crippen LogP contribution < -0.4 is 5.32 Å². The second-order valence-corrected chi connectivity index (χ2v) is 5.06. The fraction of sp³-hybridized carbons (Fsp3) is 0.357. The molecular formula is C14H16Cl2N2O4. The summed E-state index contributed by atoms with van der Waals surface area (Å²) in [4.78, 5) is 36.5. The van der Waals surface area contributed by atoms with E-state index in [1.54, 1.807) is 13.8 Å². The van der Waals surface area contributed by atoms with Crippen LogP contribution in [0.2, 0.25) is 10.0 Å². The van der Waals surface area contributed by atoms with E-state index in [1.165, 1.54) is 23.1 Å². The predicted octanol–water partition coefficient (Wildman–Crippen LogP) is 2.73. The van der Waals surface area contributed by atoms with Crippen molar-refractivity contribution in [1.29, 1.82) is 0 Å². The highest BCUT2D eigenvalue weighted by atomic mass is 35.5. The molecule has 0 aliphatic rings. The van der Waals surface area contributed by atoms with Gasteiger partial charge in [0.2, 0.25) is 5.91 Å². The number of benzene rings is 1. The summed E-state index contributed by atoms with van der Waals surface area (Å²) in [7, 11) is 0. The second-order valence-electron chi connectivity index (χ2n) is 4.21. The number of nitrogens with one attached hydrogen (secondary N) is 1. The van der Waals surface area contributed by atoms with Crippen LogP contribution >= 0.6 is 23.2 Å². The quantitative estimate of drug-likeness (QED) is 0.889. The molecule has 0 atom stereocenters. The molecule has 0 fully saturated rings. The maximum atomic E-state index is 12.4. The van der Waals surface area contributed by atoms with Crippen molar-refractivity contribution in [1.82, 2.24) is 10.2 Å². The lowest BCUT2D eigenvalue weighted by atomic mass is 10.2. The van der Waals surface area contributed by atoms with E-state index in [-0.39, 0.29) is 30.3 Å². The lowest BCUT2D eigenvalue weighted by Crippen LogP contribution is -2.42. The van der Waals surface area contributed by atoms with Crippen LogP contribution in [0.1, 0.15) is 24.2 Å². The number of ether oxygens (including phenoxy) is 1. The number of hydrogen-bond acceptors (Lipinski definition) is 4. The summed E-state index contributed by atoms with van der Waals surface area (Å²) in [6, 6.07) is 4.47. The minimum absolute atomic E-state index is 0.149. The zero-order valence-electron chi connectivity index (χ0n) is 12.2. The molecular weight excluding hydrogens is 331 g/mol. The van der Waals surface area contributed by atoms with Gasteiger partial charge in [0, 0.05) is 11.6 Å². The number of amides is 3. The van der Waals surface area contributed by atoms with Crippen LogP contribution in [0.4, 0.5) is 4.79 Å². The maximum Gasteiger partial charge on any atom is 0.413 e. The Morgan fingerprint density at radius 1 is 1.23 bits per heavy atom.